The van der Waals surface area contributed by atoms with Gasteiger partial charge in [-0.2, -0.15) is 0 Å². The number of carbonyl (C=O) groups is 1. The maximum Gasteiger partial charge on any atom is 0.227 e. The van der Waals surface area contributed by atoms with E-state index in [9.17, 15) is 4.79 Å². The Morgan fingerprint density at radius 1 is 1.21 bits per heavy atom. The van der Waals surface area contributed by atoms with Crippen molar-refractivity contribution in [3.8, 4) is 0 Å². The lowest BCUT2D eigenvalue weighted by molar-refractivity contribution is -0.125. The SMILES string of the molecule is CCCCOCCNC(=O)C1COCC1NCCC. The van der Waals surface area contributed by atoms with Gasteiger partial charge in [0.1, 0.15) is 0 Å². The highest BCUT2D eigenvalue weighted by Gasteiger charge is 2.33. The summed E-state index contributed by atoms with van der Waals surface area (Å²) in [6.45, 7) is 8.28. The van der Waals surface area contributed by atoms with E-state index in [4.69, 9.17) is 9.47 Å². The Hall–Kier alpha value is -0.650. The molecule has 1 fully saturated rings. The quantitative estimate of drug-likeness (QED) is 0.581. The van der Waals surface area contributed by atoms with Gasteiger partial charge in [0, 0.05) is 19.2 Å². The molecule has 0 bridgehead atoms. The largest absolute Gasteiger partial charge is 0.380 e. The van der Waals surface area contributed by atoms with Crippen molar-refractivity contribution in [3.05, 3.63) is 0 Å². The first-order valence-corrected chi connectivity index (χ1v) is 7.46. The van der Waals surface area contributed by atoms with Gasteiger partial charge < -0.3 is 20.1 Å². The molecular formula is C14H28N2O3. The minimum atomic E-state index is -0.0674. The first-order valence-electron chi connectivity index (χ1n) is 7.46. The van der Waals surface area contributed by atoms with E-state index >= 15 is 0 Å². The molecule has 0 aliphatic carbocycles. The number of ether oxygens (including phenoxy) is 2. The lowest BCUT2D eigenvalue weighted by atomic mass is 10.0. The highest BCUT2D eigenvalue weighted by Crippen LogP contribution is 2.13. The second-order valence-electron chi connectivity index (χ2n) is 4.96. The molecule has 0 radical (unpaired) electrons. The van der Waals surface area contributed by atoms with Gasteiger partial charge in [0.05, 0.1) is 25.7 Å². The fourth-order valence-electron chi connectivity index (χ4n) is 2.07. The molecule has 112 valence electrons. The summed E-state index contributed by atoms with van der Waals surface area (Å²) in [5.41, 5.74) is 0. The minimum absolute atomic E-state index is 0.0674. The molecule has 0 aromatic rings. The fraction of sp³-hybridized carbons (Fsp3) is 0.929. The molecule has 1 amide bonds. The number of nitrogens with one attached hydrogen (secondary N) is 2. The molecule has 2 atom stereocenters. The Kier molecular flexibility index (Phi) is 8.79. The molecule has 1 heterocycles. The van der Waals surface area contributed by atoms with E-state index in [1.165, 1.54) is 0 Å². The van der Waals surface area contributed by atoms with E-state index < -0.39 is 0 Å². The van der Waals surface area contributed by atoms with Crippen LogP contribution in [0.4, 0.5) is 0 Å². The van der Waals surface area contributed by atoms with Crippen molar-refractivity contribution in [2.75, 3.05) is 39.5 Å². The molecular weight excluding hydrogens is 244 g/mol. The summed E-state index contributed by atoms with van der Waals surface area (Å²) in [6.07, 6.45) is 3.28. The van der Waals surface area contributed by atoms with Crippen molar-refractivity contribution in [2.45, 2.75) is 39.2 Å². The van der Waals surface area contributed by atoms with E-state index in [1.54, 1.807) is 0 Å². The van der Waals surface area contributed by atoms with Crippen LogP contribution < -0.4 is 10.6 Å². The predicted molar refractivity (Wildman–Crippen MR) is 75.1 cm³/mol. The Labute approximate surface area is 116 Å². The zero-order chi connectivity index (χ0) is 13.9. The van der Waals surface area contributed by atoms with Crippen LogP contribution in [0.15, 0.2) is 0 Å². The lowest BCUT2D eigenvalue weighted by Gasteiger charge is -2.18. The van der Waals surface area contributed by atoms with E-state index in [0.717, 1.165) is 32.4 Å². The monoisotopic (exact) mass is 272 g/mol. The molecule has 1 saturated heterocycles. The number of carbonyl (C=O) groups excluding carboxylic acids is 1. The molecule has 19 heavy (non-hydrogen) atoms. The van der Waals surface area contributed by atoms with Gasteiger partial charge in [-0.05, 0) is 19.4 Å². The summed E-state index contributed by atoms with van der Waals surface area (Å²) in [7, 11) is 0. The van der Waals surface area contributed by atoms with Crippen LogP contribution in [0.3, 0.4) is 0 Å². The van der Waals surface area contributed by atoms with Crippen LogP contribution in [0.5, 0.6) is 0 Å². The lowest BCUT2D eigenvalue weighted by Crippen LogP contribution is -2.44. The molecule has 2 unspecified atom stereocenters. The number of amides is 1. The van der Waals surface area contributed by atoms with Gasteiger partial charge in [-0.15, -0.1) is 0 Å². The Balaban J connectivity index is 2.13. The van der Waals surface area contributed by atoms with E-state index in [1.807, 2.05) is 0 Å². The van der Waals surface area contributed by atoms with Gasteiger partial charge in [-0.1, -0.05) is 20.3 Å². The van der Waals surface area contributed by atoms with Gasteiger partial charge in [-0.25, -0.2) is 0 Å². The summed E-state index contributed by atoms with van der Waals surface area (Å²) in [6, 6.07) is 0.154. The second kappa shape index (κ2) is 10.2. The summed E-state index contributed by atoms with van der Waals surface area (Å²) >= 11 is 0. The summed E-state index contributed by atoms with van der Waals surface area (Å²) in [4.78, 5) is 12.0. The minimum Gasteiger partial charge on any atom is -0.380 e. The summed E-state index contributed by atoms with van der Waals surface area (Å²) in [5, 5.41) is 6.29. The van der Waals surface area contributed by atoms with Gasteiger partial charge in [0.2, 0.25) is 5.91 Å². The van der Waals surface area contributed by atoms with Gasteiger partial charge >= 0.3 is 0 Å². The van der Waals surface area contributed by atoms with Gasteiger partial charge in [0.25, 0.3) is 0 Å². The first kappa shape index (κ1) is 16.4. The maximum atomic E-state index is 12.0. The highest BCUT2D eigenvalue weighted by atomic mass is 16.5. The zero-order valence-corrected chi connectivity index (χ0v) is 12.2. The normalized spacial score (nSPS) is 22.6. The van der Waals surface area contributed by atoms with Crippen LogP contribution in [0, 0.1) is 5.92 Å². The van der Waals surface area contributed by atoms with Crippen molar-refractivity contribution in [2.24, 2.45) is 5.92 Å². The van der Waals surface area contributed by atoms with Crippen LogP contribution in [-0.2, 0) is 14.3 Å². The van der Waals surface area contributed by atoms with Crippen molar-refractivity contribution in [1.29, 1.82) is 0 Å². The van der Waals surface area contributed by atoms with E-state index in [0.29, 0.717) is 26.4 Å². The van der Waals surface area contributed by atoms with Crippen LogP contribution in [0.2, 0.25) is 0 Å². The molecule has 1 aliphatic rings. The van der Waals surface area contributed by atoms with Crippen molar-refractivity contribution in [1.82, 2.24) is 10.6 Å². The Morgan fingerprint density at radius 2 is 2.05 bits per heavy atom. The summed E-state index contributed by atoms with van der Waals surface area (Å²) in [5.74, 6) is 0.00684. The molecule has 1 aliphatic heterocycles. The van der Waals surface area contributed by atoms with Crippen LogP contribution in [0.1, 0.15) is 33.1 Å². The third kappa shape index (κ3) is 6.36. The van der Waals surface area contributed by atoms with Crippen LogP contribution >= 0.6 is 0 Å². The third-order valence-electron chi connectivity index (χ3n) is 3.26. The summed E-state index contributed by atoms with van der Waals surface area (Å²) < 4.78 is 10.8. The molecule has 2 N–H and O–H groups in total. The molecule has 0 saturated carbocycles. The second-order valence-corrected chi connectivity index (χ2v) is 4.96. The van der Waals surface area contributed by atoms with Crippen molar-refractivity contribution >= 4 is 5.91 Å². The fourth-order valence-corrected chi connectivity index (χ4v) is 2.07. The predicted octanol–water partition coefficient (Wildman–Crippen LogP) is 0.934. The standard InChI is InChI=1S/C14H28N2O3/c1-3-5-8-18-9-7-16-14(17)12-10-19-11-13(12)15-6-4-2/h12-13,15H,3-11H2,1-2H3,(H,16,17). The van der Waals surface area contributed by atoms with Crippen LogP contribution in [-0.4, -0.2) is 51.5 Å². The molecule has 0 aromatic heterocycles. The molecule has 0 spiro atoms. The average Bonchev–Trinajstić information content (AvgIpc) is 2.88. The van der Waals surface area contributed by atoms with E-state index in [-0.39, 0.29) is 17.9 Å². The molecule has 1 rings (SSSR count). The van der Waals surface area contributed by atoms with Crippen LogP contribution in [0.25, 0.3) is 0 Å². The van der Waals surface area contributed by atoms with Crippen molar-refractivity contribution in [3.63, 3.8) is 0 Å². The Morgan fingerprint density at radius 3 is 2.79 bits per heavy atom. The smallest absolute Gasteiger partial charge is 0.227 e. The highest BCUT2D eigenvalue weighted by molar-refractivity contribution is 5.79. The maximum absolute atomic E-state index is 12.0. The average molecular weight is 272 g/mol. The third-order valence-corrected chi connectivity index (χ3v) is 3.26. The molecule has 0 aromatic carbocycles. The Bertz CT molecular complexity index is 249. The topological polar surface area (TPSA) is 59.6 Å². The van der Waals surface area contributed by atoms with Gasteiger partial charge in [0.15, 0.2) is 0 Å². The van der Waals surface area contributed by atoms with Gasteiger partial charge in [-0.3, -0.25) is 4.79 Å². The zero-order valence-electron chi connectivity index (χ0n) is 12.2. The van der Waals surface area contributed by atoms with Crippen molar-refractivity contribution < 1.29 is 14.3 Å². The first-order chi connectivity index (χ1) is 9.29. The number of hydrogen-bond donors (Lipinski definition) is 2. The van der Waals surface area contributed by atoms with E-state index in [2.05, 4.69) is 24.5 Å². The molecule has 5 heteroatoms. The molecule has 5 nitrogen and oxygen atoms in total. The number of hydrogen-bond acceptors (Lipinski definition) is 4. The number of rotatable bonds is 10. The number of unbranched alkanes of at least 4 members (excludes halogenated alkanes) is 1.